The maximum atomic E-state index is 12.3. The van der Waals surface area contributed by atoms with E-state index in [1.165, 1.54) is 0 Å². The molecule has 0 aliphatic rings. The molecule has 178 valence electrons. The number of benzene rings is 3. The summed E-state index contributed by atoms with van der Waals surface area (Å²) < 4.78 is 11.2. The summed E-state index contributed by atoms with van der Waals surface area (Å²) in [6, 6.07) is 18.4. The molecule has 3 aromatic rings. The van der Waals surface area contributed by atoms with E-state index in [-0.39, 0.29) is 24.0 Å². The Morgan fingerprint density at radius 1 is 1.00 bits per heavy atom. The van der Waals surface area contributed by atoms with Crippen LogP contribution in [0.25, 0.3) is 10.8 Å². The minimum absolute atomic E-state index is 0.0297. The Balaban J connectivity index is 1.34. The van der Waals surface area contributed by atoms with Crippen molar-refractivity contribution in [3.05, 3.63) is 70.7 Å². The van der Waals surface area contributed by atoms with Crippen LogP contribution in [-0.4, -0.2) is 29.6 Å². The molecule has 0 saturated heterocycles. The van der Waals surface area contributed by atoms with Crippen molar-refractivity contribution in [2.75, 3.05) is 6.61 Å². The van der Waals surface area contributed by atoms with Crippen LogP contribution < -0.4 is 25.6 Å². The smallest absolute Gasteiger partial charge is 0.279 e. The monoisotopic (exact) mass is 519 g/mol. The first-order chi connectivity index (χ1) is 16.3. The molecular formula is C24H23Cl2N3O4S. The van der Waals surface area contributed by atoms with Crippen molar-refractivity contribution < 1.29 is 19.1 Å². The highest BCUT2D eigenvalue weighted by Gasteiger charge is 2.15. The number of fused-ring (bicyclic) bond motifs is 1. The van der Waals surface area contributed by atoms with Gasteiger partial charge in [0.1, 0.15) is 11.5 Å². The molecule has 0 fully saturated rings. The van der Waals surface area contributed by atoms with Crippen LogP contribution in [0.3, 0.4) is 0 Å². The first-order valence-corrected chi connectivity index (χ1v) is 11.6. The van der Waals surface area contributed by atoms with E-state index in [9.17, 15) is 9.59 Å². The number of ether oxygens (including phenoxy) is 2. The molecule has 0 saturated carbocycles. The van der Waals surface area contributed by atoms with Gasteiger partial charge in [-0.3, -0.25) is 20.4 Å². The topological polar surface area (TPSA) is 88.7 Å². The van der Waals surface area contributed by atoms with Gasteiger partial charge in [0, 0.05) is 11.4 Å². The Morgan fingerprint density at radius 3 is 2.53 bits per heavy atom. The SMILES string of the molecule is CC(Oc1ccc2ccccc2c1)C(=O)NNC(=S)NC(=O)CCCOc1ccc(Cl)cc1Cl. The Morgan fingerprint density at radius 2 is 1.76 bits per heavy atom. The van der Waals surface area contributed by atoms with Crippen molar-refractivity contribution in [3.63, 3.8) is 0 Å². The van der Waals surface area contributed by atoms with Gasteiger partial charge in [-0.1, -0.05) is 53.5 Å². The number of amides is 2. The molecule has 3 rings (SSSR count). The Hall–Kier alpha value is -3.07. The van der Waals surface area contributed by atoms with E-state index in [1.54, 1.807) is 31.2 Å². The largest absolute Gasteiger partial charge is 0.492 e. The summed E-state index contributed by atoms with van der Waals surface area (Å²) in [4.78, 5) is 24.3. The molecule has 34 heavy (non-hydrogen) atoms. The summed E-state index contributed by atoms with van der Waals surface area (Å²) in [7, 11) is 0. The van der Waals surface area contributed by atoms with Gasteiger partial charge < -0.3 is 14.8 Å². The van der Waals surface area contributed by atoms with Gasteiger partial charge in [-0.2, -0.15) is 0 Å². The fourth-order valence-electron chi connectivity index (χ4n) is 2.95. The van der Waals surface area contributed by atoms with Crippen LogP contribution in [0, 0.1) is 0 Å². The van der Waals surface area contributed by atoms with Gasteiger partial charge >= 0.3 is 0 Å². The summed E-state index contributed by atoms with van der Waals surface area (Å²) in [5, 5.41) is 5.46. The molecule has 2 amide bonds. The van der Waals surface area contributed by atoms with Crippen molar-refractivity contribution in [1.29, 1.82) is 0 Å². The van der Waals surface area contributed by atoms with E-state index in [0.29, 0.717) is 28.0 Å². The van der Waals surface area contributed by atoms with Gasteiger partial charge in [-0.25, -0.2) is 0 Å². The van der Waals surface area contributed by atoms with Crippen LogP contribution in [0.1, 0.15) is 19.8 Å². The summed E-state index contributed by atoms with van der Waals surface area (Å²) in [6.07, 6.45) is -0.178. The van der Waals surface area contributed by atoms with Crippen LogP contribution in [0.15, 0.2) is 60.7 Å². The predicted molar refractivity (Wildman–Crippen MR) is 137 cm³/mol. The molecule has 0 aromatic heterocycles. The summed E-state index contributed by atoms with van der Waals surface area (Å²) in [5.41, 5.74) is 4.92. The maximum Gasteiger partial charge on any atom is 0.279 e. The van der Waals surface area contributed by atoms with Crippen molar-refractivity contribution in [3.8, 4) is 11.5 Å². The number of nitrogens with one attached hydrogen (secondary N) is 3. The quantitative estimate of drug-likeness (QED) is 0.225. The number of rotatable bonds is 8. The minimum atomic E-state index is -0.788. The highest BCUT2D eigenvalue weighted by molar-refractivity contribution is 7.80. The number of hydrazine groups is 1. The Bertz CT molecular complexity index is 1190. The number of halogens is 2. The van der Waals surface area contributed by atoms with Crippen LogP contribution in [0.5, 0.6) is 11.5 Å². The summed E-state index contributed by atoms with van der Waals surface area (Å²) >= 11 is 16.9. The number of thiocarbonyl (C=S) groups is 1. The van der Waals surface area contributed by atoms with Gasteiger partial charge in [-0.05, 0) is 66.7 Å². The molecule has 3 aromatic carbocycles. The number of hydrogen-bond acceptors (Lipinski definition) is 5. The molecule has 0 radical (unpaired) electrons. The van der Waals surface area contributed by atoms with Crippen molar-refractivity contribution in [2.45, 2.75) is 25.9 Å². The van der Waals surface area contributed by atoms with Crippen LogP contribution in [-0.2, 0) is 9.59 Å². The van der Waals surface area contributed by atoms with E-state index >= 15 is 0 Å². The minimum Gasteiger partial charge on any atom is -0.492 e. The normalized spacial score (nSPS) is 11.4. The van der Waals surface area contributed by atoms with Crippen molar-refractivity contribution in [2.24, 2.45) is 0 Å². The lowest BCUT2D eigenvalue weighted by atomic mass is 10.1. The lowest BCUT2D eigenvalue weighted by molar-refractivity contribution is -0.128. The fourth-order valence-corrected chi connectivity index (χ4v) is 3.57. The van der Waals surface area contributed by atoms with Crippen LogP contribution >= 0.6 is 35.4 Å². The highest BCUT2D eigenvalue weighted by Crippen LogP contribution is 2.27. The van der Waals surface area contributed by atoms with Gasteiger partial charge in [-0.15, -0.1) is 0 Å². The second kappa shape index (κ2) is 12.4. The van der Waals surface area contributed by atoms with Crippen molar-refractivity contribution >= 4 is 63.1 Å². The molecule has 1 unspecified atom stereocenters. The van der Waals surface area contributed by atoms with Crippen LogP contribution in [0.4, 0.5) is 0 Å². The predicted octanol–water partition coefficient (Wildman–Crippen LogP) is 4.80. The second-order valence-electron chi connectivity index (χ2n) is 7.29. The third-order valence-corrected chi connectivity index (χ3v) is 5.39. The third-order valence-electron chi connectivity index (χ3n) is 4.65. The lowest BCUT2D eigenvalue weighted by Crippen LogP contribution is -2.51. The van der Waals surface area contributed by atoms with Gasteiger partial charge in [0.2, 0.25) is 5.91 Å². The molecule has 7 nitrogen and oxygen atoms in total. The molecule has 3 N–H and O–H groups in total. The number of carbonyl (C=O) groups is 2. The lowest BCUT2D eigenvalue weighted by Gasteiger charge is -2.16. The Kier molecular flexibility index (Phi) is 9.33. The zero-order valence-electron chi connectivity index (χ0n) is 18.3. The molecule has 0 spiro atoms. The van der Waals surface area contributed by atoms with Crippen molar-refractivity contribution in [1.82, 2.24) is 16.2 Å². The molecule has 0 bridgehead atoms. The summed E-state index contributed by atoms with van der Waals surface area (Å²) in [6.45, 7) is 1.90. The highest BCUT2D eigenvalue weighted by atomic mass is 35.5. The van der Waals surface area contributed by atoms with Gasteiger partial charge in [0.15, 0.2) is 11.2 Å². The third kappa shape index (κ3) is 7.76. The Labute approximate surface area is 212 Å². The number of hydrogen-bond donors (Lipinski definition) is 3. The molecule has 0 aliphatic heterocycles. The average Bonchev–Trinajstić information content (AvgIpc) is 2.81. The fraction of sp³-hybridized carbons (Fsp3) is 0.208. The maximum absolute atomic E-state index is 12.3. The molecule has 0 heterocycles. The average molecular weight is 520 g/mol. The van der Waals surface area contributed by atoms with Gasteiger partial charge in [0.25, 0.3) is 5.91 Å². The molecule has 0 aliphatic carbocycles. The van der Waals surface area contributed by atoms with E-state index in [4.69, 9.17) is 44.9 Å². The first-order valence-electron chi connectivity index (χ1n) is 10.4. The molecular weight excluding hydrogens is 497 g/mol. The zero-order chi connectivity index (χ0) is 24.5. The van der Waals surface area contributed by atoms with E-state index in [2.05, 4.69) is 16.2 Å². The second-order valence-corrected chi connectivity index (χ2v) is 8.54. The molecule has 10 heteroatoms. The first kappa shape index (κ1) is 25.6. The van der Waals surface area contributed by atoms with E-state index in [0.717, 1.165) is 10.8 Å². The van der Waals surface area contributed by atoms with Crippen LogP contribution in [0.2, 0.25) is 10.0 Å². The standard InChI is InChI=1S/C24H23Cl2N3O4S/c1-15(33-19-10-8-16-5-2-3-6-17(16)13-19)23(31)28-29-24(34)27-22(30)7-4-12-32-21-11-9-18(25)14-20(21)26/h2-3,5-6,8-11,13-15H,4,7,12H2,1H3,(H,28,31)(H2,27,29,30,34). The van der Waals surface area contributed by atoms with E-state index < -0.39 is 12.0 Å². The molecule has 1 atom stereocenters. The number of carbonyl (C=O) groups excluding carboxylic acids is 2. The zero-order valence-corrected chi connectivity index (χ0v) is 20.6. The summed E-state index contributed by atoms with van der Waals surface area (Å²) in [5.74, 6) is 0.293. The van der Waals surface area contributed by atoms with E-state index in [1.807, 2.05) is 36.4 Å². The van der Waals surface area contributed by atoms with Gasteiger partial charge in [0.05, 0.1) is 11.6 Å².